The van der Waals surface area contributed by atoms with Crippen molar-refractivity contribution in [1.82, 2.24) is 4.90 Å². The standard InChI is InChI=1S/C14H18N2O2S/c1-15(2)14(18)10-8-13(17)16(9-10)11-4-6-12(19-3)7-5-11/h4-7,10H,8-9H2,1-3H3/t10-/m0/s1. The minimum absolute atomic E-state index is 0.0246. The first-order valence-electron chi connectivity index (χ1n) is 6.18. The molecule has 102 valence electrons. The average molecular weight is 278 g/mol. The van der Waals surface area contributed by atoms with E-state index in [1.807, 2.05) is 30.5 Å². The number of benzene rings is 1. The van der Waals surface area contributed by atoms with Crippen LogP contribution in [0.25, 0.3) is 0 Å². The molecule has 0 aliphatic carbocycles. The number of carbonyl (C=O) groups excluding carboxylic acids is 2. The SMILES string of the molecule is CSc1ccc(N2C[C@@H](C(=O)N(C)C)CC2=O)cc1. The van der Waals surface area contributed by atoms with Crippen molar-refractivity contribution in [3.05, 3.63) is 24.3 Å². The third-order valence-corrected chi connectivity index (χ3v) is 4.04. The number of hydrogen-bond acceptors (Lipinski definition) is 3. The van der Waals surface area contributed by atoms with Gasteiger partial charge in [-0.3, -0.25) is 9.59 Å². The molecule has 5 heteroatoms. The number of carbonyl (C=O) groups is 2. The molecule has 0 unspecified atom stereocenters. The second-order valence-corrected chi connectivity index (χ2v) is 5.72. The summed E-state index contributed by atoms with van der Waals surface area (Å²) in [5.41, 5.74) is 0.872. The van der Waals surface area contributed by atoms with Crippen LogP contribution in [-0.4, -0.2) is 43.6 Å². The first kappa shape index (κ1) is 13.9. The van der Waals surface area contributed by atoms with Crippen molar-refractivity contribution in [2.45, 2.75) is 11.3 Å². The first-order chi connectivity index (χ1) is 9.02. The summed E-state index contributed by atoms with van der Waals surface area (Å²) in [5, 5.41) is 0. The van der Waals surface area contributed by atoms with Crippen molar-refractivity contribution in [3.8, 4) is 0 Å². The first-order valence-corrected chi connectivity index (χ1v) is 7.41. The van der Waals surface area contributed by atoms with Gasteiger partial charge in [-0.2, -0.15) is 0 Å². The van der Waals surface area contributed by atoms with Gasteiger partial charge in [-0.25, -0.2) is 0 Å². The zero-order valence-corrected chi connectivity index (χ0v) is 12.2. The van der Waals surface area contributed by atoms with Crippen LogP contribution in [0.3, 0.4) is 0 Å². The van der Waals surface area contributed by atoms with Gasteiger partial charge in [0.05, 0.1) is 5.92 Å². The lowest BCUT2D eigenvalue weighted by molar-refractivity contribution is -0.133. The number of thioether (sulfide) groups is 1. The zero-order valence-electron chi connectivity index (χ0n) is 11.4. The van der Waals surface area contributed by atoms with Crippen LogP contribution in [0.2, 0.25) is 0 Å². The topological polar surface area (TPSA) is 40.6 Å². The lowest BCUT2D eigenvalue weighted by Gasteiger charge is -2.18. The van der Waals surface area contributed by atoms with Crippen LogP contribution in [0.5, 0.6) is 0 Å². The van der Waals surface area contributed by atoms with E-state index >= 15 is 0 Å². The normalized spacial score (nSPS) is 18.8. The fourth-order valence-corrected chi connectivity index (χ4v) is 2.66. The Balaban J connectivity index is 2.13. The number of hydrogen-bond donors (Lipinski definition) is 0. The van der Waals surface area contributed by atoms with Gasteiger partial charge < -0.3 is 9.80 Å². The molecule has 0 N–H and O–H groups in total. The van der Waals surface area contributed by atoms with Crippen molar-refractivity contribution >= 4 is 29.3 Å². The van der Waals surface area contributed by atoms with Crippen molar-refractivity contribution in [3.63, 3.8) is 0 Å². The molecule has 2 rings (SSSR count). The molecule has 1 aromatic carbocycles. The smallest absolute Gasteiger partial charge is 0.227 e. The largest absolute Gasteiger partial charge is 0.349 e. The highest BCUT2D eigenvalue weighted by Gasteiger charge is 2.35. The molecule has 1 aliphatic heterocycles. The fraction of sp³-hybridized carbons (Fsp3) is 0.429. The fourth-order valence-electron chi connectivity index (χ4n) is 2.25. The molecule has 1 heterocycles. The molecule has 2 amide bonds. The molecule has 0 bridgehead atoms. The van der Waals surface area contributed by atoms with E-state index < -0.39 is 0 Å². The summed E-state index contributed by atoms with van der Waals surface area (Å²) in [6.45, 7) is 0.481. The van der Waals surface area contributed by atoms with E-state index in [1.165, 1.54) is 0 Å². The van der Waals surface area contributed by atoms with E-state index in [-0.39, 0.29) is 17.7 Å². The van der Waals surface area contributed by atoms with Gasteiger partial charge in [0, 0.05) is 37.6 Å². The number of anilines is 1. The van der Waals surface area contributed by atoms with E-state index in [9.17, 15) is 9.59 Å². The van der Waals surface area contributed by atoms with Gasteiger partial charge in [0.1, 0.15) is 0 Å². The van der Waals surface area contributed by atoms with Crippen LogP contribution in [0.1, 0.15) is 6.42 Å². The van der Waals surface area contributed by atoms with Crippen LogP contribution >= 0.6 is 11.8 Å². The molecule has 1 aliphatic rings. The van der Waals surface area contributed by atoms with E-state index in [0.29, 0.717) is 13.0 Å². The summed E-state index contributed by atoms with van der Waals surface area (Å²) in [5.74, 6) is -0.170. The number of rotatable bonds is 3. The summed E-state index contributed by atoms with van der Waals surface area (Å²) in [4.78, 5) is 28.3. The Hall–Kier alpha value is -1.49. The Kier molecular flexibility index (Phi) is 4.14. The molecule has 1 fully saturated rings. The minimum Gasteiger partial charge on any atom is -0.349 e. The molecule has 0 radical (unpaired) electrons. The molecule has 19 heavy (non-hydrogen) atoms. The zero-order chi connectivity index (χ0) is 14.0. The highest BCUT2D eigenvalue weighted by Crippen LogP contribution is 2.27. The Morgan fingerprint density at radius 2 is 1.95 bits per heavy atom. The Morgan fingerprint density at radius 3 is 2.47 bits per heavy atom. The summed E-state index contributed by atoms with van der Waals surface area (Å²) in [6.07, 6.45) is 2.32. The third-order valence-electron chi connectivity index (χ3n) is 3.30. The third kappa shape index (κ3) is 2.92. The molecular formula is C14H18N2O2S. The van der Waals surface area contributed by atoms with Crippen molar-refractivity contribution in [2.24, 2.45) is 5.92 Å². The van der Waals surface area contributed by atoms with Gasteiger partial charge >= 0.3 is 0 Å². The van der Waals surface area contributed by atoms with Crippen LogP contribution in [-0.2, 0) is 9.59 Å². The number of nitrogens with zero attached hydrogens (tertiary/aromatic N) is 2. The molecule has 0 aromatic heterocycles. The Bertz CT molecular complexity index is 485. The lowest BCUT2D eigenvalue weighted by Crippen LogP contribution is -2.32. The van der Waals surface area contributed by atoms with Gasteiger partial charge in [-0.1, -0.05) is 0 Å². The van der Waals surface area contributed by atoms with E-state index in [0.717, 1.165) is 10.6 Å². The lowest BCUT2D eigenvalue weighted by atomic mass is 10.1. The molecule has 0 spiro atoms. The average Bonchev–Trinajstić information content (AvgIpc) is 2.80. The summed E-state index contributed by atoms with van der Waals surface area (Å²) in [7, 11) is 3.45. The Labute approximate surface area is 117 Å². The summed E-state index contributed by atoms with van der Waals surface area (Å²) in [6, 6.07) is 7.86. The second kappa shape index (κ2) is 5.65. The van der Waals surface area contributed by atoms with Crippen molar-refractivity contribution < 1.29 is 9.59 Å². The molecular weight excluding hydrogens is 260 g/mol. The monoisotopic (exact) mass is 278 g/mol. The van der Waals surface area contributed by atoms with Gasteiger partial charge in [0.15, 0.2) is 0 Å². The Morgan fingerprint density at radius 1 is 1.32 bits per heavy atom. The van der Waals surface area contributed by atoms with Gasteiger partial charge in [0.2, 0.25) is 11.8 Å². The highest BCUT2D eigenvalue weighted by atomic mass is 32.2. The summed E-state index contributed by atoms with van der Waals surface area (Å²) < 4.78 is 0. The van der Waals surface area contributed by atoms with E-state index in [4.69, 9.17) is 0 Å². The molecule has 1 atom stereocenters. The molecule has 4 nitrogen and oxygen atoms in total. The maximum Gasteiger partial charge on any atom is 0.227 e. The molecule has 1 saturated heterocycles. The van der Waals surface area contributed by atoms with E-state index in [2.05, 4.69) is 0 Å². The summed E-state index contributed by atoms with van der Waals surface area (Å²) >= 11 is 1.67. The maximum absolute atomic E-state index is 12.0. The van der Waals surface area contributed by atoms with Gasteiger partial charge in [-0.15, -0.1) is 11.8 Å². The van der Waals surface area contributed by atoms with Crippen molar-refractivity contribution in [2.75, 3.05) is 31.8 Å². The predicted octanol–water partition coefficient (Wildman–Crippen LogP) is 1.85. The van der Waals surface area contributed by atoms with Gasteiger partial charge in [0.25, 0.3) is 0 Å². The van der Waals surface area contributed by atoms with E-state index in [1.54, 1.807) is 35.7 Å². The highest BCUT2D eigenvalue weighted by molar-refractivity contribution is 7.98. The van der Waals surface area contributed by atoms with Crippen LogP contribution in [0.4, 0.5) is 5.69 Å². The minimum atomic E-state index is -0.220. The van der Waals surface area contributed by atoms with Crippen LogP contribution in [0.15, 0.2) is 29.2 Å². The maximum atomic E-state index is 12.0. The van der Waals surface area contributed by atoms with Crippen LogP contribution in [0, 0.1) is 5.92 Å². The molecule has 1 aromatic rings. The van der Waals surface area contributed by atoms with Crippen molar-refractivity contribution in [1.29, 1.82) is 0 Å². The second-order valence-electron chi connectivity index (χ2n) is 4.84. The number of amides is 2. The predicted molar refractivity (Wildman–Crippen MR) is 77.4 cm³/mol. The molecule has 0 saturated carbocycles. The van der Waals surface area contributed by atoms with Gasteiger partial charge in [-0.05, 0) is 30.5 Å². The van der Waals surface area contributed by atoms with Crippen LogP contribution < -0.4 is 4.90 Å². The quantitative estimate of drug-likeness (QED) is 0.792.